The SMILES string of the molecule is C=C1Nc2nccc(C)c2O[C@H]1C. The first-order valence-electron chi connectivity index (χ1n) is 4.26. The first-order valence-corrected chi connectivity index (χ1v) is 4.26. The molecule has 1 aromatic heterocycles. The fourth-order valence-corrected chi connectivity index (χ4v) is 1.28. The molecule has 0 amide bonds. The van der Waals surface area contributed by atoms with Crippen molar-refractivity contribution >= 4 is 5.82 Å². The van der Waals surface area contributed by atoms with Crippen LogP contribution in [0.15, 0.2) is 24.5 Å². The van der Waals surface area contributed by atoms with Gasteiger partial charge >= 0.3 is 0 Å². The normalized spacial score (nSPS) is 20.2. The number of aromatic nitrogens is 1. The smallest absolute Gasteiger partial charge is 0.173 e. The molecule has 0 saturated carbocycles. The molecule has 1 N–H and O–H groups in total. The van der Waals surface area contributed by atoms with E-state index >= 15 is 0 Å². The molecule has 0 aromatic carbocycles. The summed E-state index contributed by atoms with van der Waals surface area (Å²) in [6.45, 7) is 7.81. The maximum Gasteiger partial charge on any atom is 0.173 e. The molecule has 0 radical (unpaired) electrons. The largest absolute Gasteiger partial charge is 0.480 e. The van der Waals surface area contributed by atoms with E-state index in [1.165, 1.54) is 0 Å². The number of ether oxygens (including phenoxy) is 1. The number of rotatable bonds is 0. The van der Waals surface area contributed by atoms with Crippen molar-refractivity contribution in [3.8, 4) is 5.75 Å². The Kier molecular flexibility index (Phi) is 1.72. The van der Waals surface area contributed by atoms with Crippen LogP contribution < -0.4 is 10.1 Å². The Labute approximate surface area is 77.4 Å². The first kappa shape index (κ1) is 8.10. The molecule has 0 bridgehead atoms. The highest BCUT2D eigenvalue weighted by Gasteiger charge is 2.20. The molecule has 1 aromatic rings. The summed E-state index contributed by atoms with van der Waals surface area (Å²) in [6.07, 6.45) is 1.77. The standard InChI is InChI=1S/C10H12N2O/c1-6-4-5-11-10-9(6)13-8(3)7(2)12-10/h4-5,8H,2H2,1,3H3,(H,11,12)/t8-/m0/s1. The lowest BCUT2D eigenvalue weighted by Gasteiger charge is -2.26. The zero-order valence-electron chi connectivity index (χ0n) is 7.79. The molecule has 2 heterocycles. The van der Waals surface area contributed by atoms with Gasteiger partial charge in [0.15, 0.2) is 11.6 Å². The predicted molar refractivity (Wildman–Crippen MR) is 51.8 cm³/mol. The van der Waals surface area contributed by atoms with Crippen molar-refractivity contribution in [1.82, 2.24) is 4.98 Å². The maximum atomic E-state index is 5.65. The van der Waals surface area contributed by atoms with E-state index in [1.54, 1.807) is 6.20 Å². The molecular weight excluding hydrogens is 164 g/mol. The highest BCUT2D eigenvalue weighted by molar-refractivity contribution is 5.59. The van der Waals surface area contributed by atoms with Gasteiger partial charge in [-0.2, -0.15) is 0 Å². The van der Waals surface area contributed by atoms with E-state index in [0.717, 1.165) is 22.8 Å². The minimum absolute atomic E-state index is 0.00963. The Morgan fingerprint density at radius 2 is 2.38 bits per heavy atom. The molecule has 3 nitrogen and oxygen atoms in total. The van der Waals surface area contributed by atoms with Crippen molar-refractivity contribution < 1.29 is 4.74 Å². The van der Waals surface area contributed by atoms with Crippen LogP contribution in [0.25, 0.3) is 0 Å². The zero-order chi connectivity index (χ0) is 9.42. The van der Waals surface area contributed by atoms with Gasteiger partial charge in [-0.15, -0.1) is 0 Å². The summed E-state index contributed by atoms with van der Waals surface area (Å²) >= 11 is 0. The molecule has 0 saturated heterocycles. The van der Waals surface area contributed by atoms with Crippen LogP contribution >= 0.6 is 0 Å². The molecular formula is C10H12N2O. The van der Waals surface area contributed by atoms with Crippen LogP contribution in [-0.2, 0) is 0 Å². The minimum Gasteiger partial charge on any atom is -0.480 e. The average molecular weight is 176 g/mol. The van der Waals surface area contributed by atoms with Crippen molar-refractivity contribution in [2.75, 3.05) is 5.32 Å². The second-order valence-electron chi connectivity index (χ2n) is 3.22. The average Bonchev–Trinajstić information content (AvgIpc) is 2.09. The molecule has 1 atom stereocenters. The molecule has 1 aliphatic rings. The molecule has 0 unspecified atom stereocenters. The summed E-state index contributed by atoms with van der Waals surface area (Å²) < 4.78 is 5.65. The topological polar surface area (TPSA) is 34.2 Å². The third kappa shape index (κ3) is 1.26. The first-order chi connectivity index (χ1) is 6.18. The van der Waals surface area contributed by atoms with Gasteiger partial charge in [0, 0.05) is 6.20 Å². The van der Waals surface area contributed by atoms with E-state index in [-0.39, 0.29) is 6.10 Å². The Bertz CT molecular complexity index is 360. The third-order valence-electron chi connectivity index (χ3n) is 2.17. The van der Waals surface area contributed by atoms with Crippen LogP contribution in [0, 0.1) is 6.92 Å². The van der Waals surface area contributed by atoms with E-state index in [0.29, 0.717) is 0 Å². The summed E-state index contributed by atoms with van der Waals surface area (Å²) in [5.74, 6) is 1.60. The van der Waals surface area contributed by atoms with E-state index in [4.69, 9.17) is 4.74 Å². The highest BCUT2D eigenvalue weighted by atomic mass is 16.5. The molecule has 13 heavy (non-hydrogen) atoms. The second-order valence-corrected chi connectivity index (χ2v) is 3.22. The number of anilines is 1. The van der Waals surface area contributed by atoms with Crippen molar-refractivity contribution in [1.29, 1.82) is 0 Å². The molecule has 0 fully saturated rings. The van der Waals surface area contributed by atoms with Crippen LogP contribution in [0.1, 0.15) is 12.5 Å². The third-order valence-corrected chi connectivity index (χ3v) is 2.17. The van der Waals surface area contributed by atoms with Crippen molar-refractivity contribution in [2.24, 2.45) is 0 Å². The van der Waals surface area contributed by atoms with E-state index in [2.05, 4.69) is 16.9 Å². The summed E-state index contributed by atoms with van der Waals surface area (Å²) in [7, 11) is 0. The van der Waals surface area contributed by atoms with Gasteiger partial charge in [0.1, 0.15) is 6.10 Å². The maximum absolute atomic E-state index is 5.65. The van der Waals surface area contributed by atoms with Gasteiger partial charge < -0.3 is 10.1 Å². The lowest BCUT2D eigenvalue weighted by molar-refractivity contribution is 0.249. The van der Waals surface area contributed by atoms with Crippen LogP contribution in [0.5, 0.6) is 5.75 Å². The second kappa shape index (κ2) is 2.76. The Morgan fingerprint density at radius 1 is 1.62 bits per heavy atom. The van der Waals surface area contributed by atoms with E-state index < -0.39 is 0 Å². The monoisotopic (exact) mass is 176 g/mol. The number of aryl methyl sites for hydroxylation is 1. The van der Waals surface area contributed by atoms with Crippen molar-refractivity contribution in [3.05, 3.63) is 30.1 Å². The number of nitrogens with zero attached hydrogens (tertiary/aromatic N) is 1. The molecule has 1 aliphatic heterocycles. The minimum atomic E-state index is 0.00963. The fraction of sp³-hybridized carbons (Fsp3) is 0.300. The zero-order valence-corrected chi connectivity index (χ0v) is 7.79. The predicted octanol–water partition coefficient (Wildman–Crippen LogP) is 2.10. The lowest BCUT2D eigenvalue weighted by atomic mass is 10.2. The van der Waals surface area contributed by atoms with E-state index in [9.17, 15) is 0 Å². The Balaban J connectivity index is 2.48. The van der Waals surface area contributed by atoms with Gasteiger partial charge in [-0.1, -0.05) is 6.58 Å². The van der Waals surface area contributed by atoms with Crippen LogP contribution in [-0.4, -0.2) is 11.1 Å². The number of pyridine rings is 1. The molecule has 0 spiro atoms. The van der Waals surface area contributed by atoms with Crippen molar-refractivity contribution in [3.63, 3.8) is 0 Å². The summed E-state index contributed by atoms with van der Waals surface area (Å²) in [5.41, 5.74) is 1.95. The highest BCUT2D eigenvalue weighted by Crippen LogP contribution is 2.32. The van der Waals surface area contributed by atoms with Gasteiger partial charge in [-0.3, -0.25) is 0 Å². The summed E-state index contributed by atoms with van der Waals surface area (Å²) in [6, 6.07) is 1.93. The van der Waals surface area contributed by atoms with Crippen LogP contribution in [0.2, 0.25) is 0 Å². The van der Waals surface area contributed by atoms with Gasteiger partial charge in [0.05, 0.1) is 5.70 Å². The molecule has 3 heteroatoms. The molecule has 0 aliphatic carbocycles. The number of fused-ring (bicyclic) bond motifs is 1. The van der Waals surface area contributed by atoms with Crippen molar-refractivity contribution in [2.45, 2.75) is 20.0 Å². The van der Waals surface area contributed by atoms with Gasteiger partial charge in [-0.05, 0) is 25.5 Å². The summed E-state index contributed by atoms with van der Waals surface area (Å²) in [5, 5.41) is 3.12. The van der Waals surface area contributed by atoms with E-state index in [1.807, 2.05) is 19.9 Å². The Hall–Kier alpha value is -1.51. The number of hydrogen-bond acceptors (Lipinski definition) is 3. The quantitative estimate of drug-likeness (QED) is 0.657. The van der Waals surface area contributed by atoms with Crippen LogP contribution in [0.3, 0.4) is 0 Å². The summed E-state index contributed by atoms with van der Waals surface area (Å²) in [4.78, 5) is 4.17. The van der Waals surface area contributed by atoms with Gasteiger partial charge in [0.25, 0.3) is 0 Å². The van der Waals surface area contributed by atoms with Gasteiger partial charge in [-0.25, -0.2) is 4.98 Å². The molecule has 2 rings (SSSR count). The van der Waals surface area contributed by atoms with Crippen LogP contribution in [0.4, 0.5) is 5.82 Å². The number of nitrogens with one attached hydrogen (secondary N) is 1. The fourth-order valence-electron chi connectivity index (χ4n) is 1.28. The molecule has 68 valence electrons. The lowest BCUT2D eigenvalue weighted by Crippen LogP contribution is -2.26. The number of hydrogen-bond donors (Lipinski definition) is 1. The van der Waals surface area contributed by atoms with Gasteiger partial charge in [0.2, 0.25) is 0 Å². The Morgan fingerprint density at radius 3 is 3.15 bits per heavy atom.